The number of carbonyl (C=O) groups is 1. The molecule has 0 saturated carbocycles. The number of benzene rings is 2. The monoisotopic (exact) mass is 387 g/mol. The fraction of sp³-hybridized carbons (Fsp3) is 0.250. The van der Waals surface area contributed by atoms with Crippen molar-refractivity contribution in [2.45, 2.75) is 25.4 Å². The van der Waals surface area contributed by atoms with Crippen molar-refractivity contribution in [1.82, 2.24) is 15.2 Å². The van der Waals surface area contributed by atoms with E-state index in [1.807, 2.05) is 49.5 Å². The number of rotatable bonds is 6. The van der Waals surface area contributed by atoms with E-state index in [0.29, 0.717) is 11.3 Å². The standard InChI is InChI=1S/C24H25N3O2/c1-3-15-27(2)16-18-11-13-22(23-20(18)9-6-14-25-23)29-24(28)26-21-12-10-17-7-4-5-8-19(17)21/h3-9,11,13-14,21H,1,10,12,15-16H2,2H3,(H,26,28). The van der Waals surface area contributed by atoms with Gasteiger partial charge in [0.25, 0.3) is 0 Å². The first-order valence-corrected chi connectivity index (χ1v) is 9.88. The van der Waals surface area contributed by atoms with Crippen LogP contribution in [-0.2, 0) is 13.0 Å². The molecule has 1 aliphatic rings. The van der Waals surface area contributed by atoms with Crippen LogP contribution >= 0.6 is 0 Å². The Bertz CT molecular complexity index is 1050. The molecule has 1 amide bonds. The number of hydrogen-bond donors (Lipinski definition) is 1. The van der Waals surface area contributed by atoms with E-state index in [0.717, 1.165) is 36.9 Å². The second kappa shape index (κ2) is 8.45. The van der Waals surface area contributed by atoms with Crippen LogP contribution in [0, 0.1) is 0 Å². The Balaban J connectivity index is 1.52. The Morgan fingerprint density at radius 3 is 3.00 bits per heavy atom. The molecule has 148 valence electrons. The largest absolute Gasteiger partial charge is 0.413 e. The number of ether oxygens (including phenoxy) is 1. The highest BCUT2D eigenvalue weighted by Crippen LogP contribution is 2.31. The summed E-state index contributed by atoms with van der Waals surface area (Å²) in [5.41, 5.74) is 4.29. The third-order valence-corrected chi connectivity index (χ3v) is 5.33. The molecule has 1 heterocycles. The number of pyridine rings is 1. The number of nitrogens with one attached hydrogen (secondary N) is 1. The molecule has 0 spiro atoms. The van der Waals surface area contributed by atoms with Crippen LogP contribution in [0.4, 0.5) is 4.79 Å². The van der Waals surface area contributed by atoms with Gasteiger partial charge in [0.05, 0.1) is 6.04 Å². The average molecular weight is 387 g/mol. The van der Waals surface area contributed by atoms with Crippen molar-refractivity contribution in [2.75, 3.05) is 13.6 Å². The molecule has 4 rings (SSSR count). The molecule has 1 aliphatic carbocycles. The first kappa shape index (κ1) is 19.2. The molecule has 0 radical (unpaired) electrons. The predicted molar refractivity (Wildman–Crippen MR) is 115 cm³/mol. The molecule has 1 aromatic heterocycles. The van der Waals surface area contributed by atoms with Gasteiger partial charge >= 0.3 is 6.09 Å². The fourth-order valence-corrected chi connectivity index (χ4v) is 3.98. The average Bonchev–Trinajstić information content (AvgIpc) is 3.13. The van der Waals surface area contributed by atoms with Crippen LogP contribution in [0.3, 0.4) is 0 Å². The molecule has 0 bridgehead atoms. The third-order valence-electron chi connectivity index (χ3n) is 5.33. The molecule has 0 saturated heterocycles. The molecule has 5 heteroatoms. The molecule has 29 heavy (non-hydrogen) atoms. The predicted octanol–water partition coefficient (Wildman–Crippen LogP) is 4.63. The molecule has 3 aromatic rings. The Morgan fingerprint density at radius 2 is 2.14 bits per heavy atom. The summed E-state index contributed by atoms with van der Waals surface area (Å²) in [6, 6.07) is 15.9. The topological polar surface area (TPSA) is 54.5 Å². The van der Waals surface area contributed by atoms with Crippen LogP contribution in [-0.4, -0.2) is 29.6 Å². The minimum Gasteiger partial charge on any atom is -0.408 e. The van der Waals surface area contributed by atoms with Gasteiger partial charge in [-0.25, -0.2) is 4.79 Å². The number of aryl methyl sites for hydroxylation is 1. The normalized spacial score (nSPS) is 15.3. The SMILES string of the molecule is C=CCN(C)Cc1ccc(OC(=O)NC2CCc3ccccc32)c2ncccc12. The van der Waals surface area contributed by atoms with Crippen molar-refractivity contribution in [3.05, 3.63) is 84.1 Å². The number of hydrogen-bond acceptors (Lipinski definition) is 4. The molecule has 0 fully saturated rings. The molecule has 1 unspecified atom stereocenters. The second-order valence-corrected chi connectivity index (χ2v) is 7.43. The summed E-state index contributed by atoms with van der Waals surface area (Å²) in [6.45, 7) is 5.35. The lowest BCUT2D eigenvalue weighted by molar-refractivity contribution is 0.196. The maximum atomic E-state index is 12.6. The van der Waals surface area contributed by atoms with E-state index in [4.69, 9.17) is 4.74 Å². The van der Waals surface area contributed by atoms with Gasteiger partial charge in [0, 0.05) is 24.7 Å². The van der Waals surface area contributed by atoms with E-state index in [-0.39, 0.29) is 6.04 Å². The first-order valence-electron chi connectivity index (χ1n) is 9.88. The van der Waals surface area contributed by atoms with Crippen molar-refractivity contribution in [2.24, 2.45) is 0 Å². The van der Waals surface area contributed by atoms with Crippen LogP contribution in [0.25, 0.3) is 10.9 Å². The first-order chi connectivity index (χ1) is 14.2. The van der Waals surface area contributed by atoms with Gasteiger partial charge in [-0.15, -0.1) is 6.58 Å². The Kier molecular flexibility index (Phi) is 5.58. The lowest BCUT2D eigenvalue weighted by atomic mass is 10.1. The summed E-state index contributed by atoms with van der Waals surface area (Å²) < 4.78 is 5.67. The maximum Gasteiger partial charge on any atom is 0.413 e. The molecule has 0 aliphatic heterocycles. The van der Waals surface area contributed by atoms with E-state index < -0.39 is 6.09 Å². The molecule has 5 nitrogen and oxygen atoms in total. The van der Waals surface area contributed by atoms with E-state index in [9.17, 15) is 4.79 Å². The summed E-state index contributed by atoms with van der Waals surface area (Å²) in [5.74, 6) is 0.472. The third kappa shape index (κ3) is 4.15. The summed E-state index contributed by atoms with van der Waals surface area (Å²) in [6.07, 6.45) is 5.01. The van der Waals surface area contributed by atoms with Gasteiger partial charge in [0.15, 0.2) is 5.75 Å². The number of fused-ring (bicyclic) bond motifs is 2. The maximum absolute atomic E-state index is 12.6. The number of nitrogens with zero attached hydrogens (tertiary/aromatic N) is 2. The van der Waals surface area contributed by atoms with Crippen molar-refractivity contribution in [3.63, 3.8) is 0 Å². The van der Waals surface area contributed by atoms with E-state index in [1.165, 1.54) is 11.1 Å². The zero-order valence-corrected chi connectivity index (χ0v) is 16.6. The van der Waals surface area contributed by atoms with Gasteiger partial charge < -0.3 is 10.1 Å². The number of likely N-dealkylation sites (N-methyl/N-ethyl adjacent to an activating group) is 1. The lowest BCUT2D eigenvalue weighted by Crippen LogP contribution is -2.30. The highest BCUT2D eigenvalue weighted by Gasteiger charge is 2.24. The molecule has 1 atom stereocenters. The van der Waals surface area contributed by atoms with Crippen LogP contribution in [0.1, 0.15) is 29.2 Å². The fourth-order valence-electron chi connectivity index (χ4n) is 3.98. The van der Waals surface area contributed by atoms with E-state index >= 15 is 0 Å². The van der Waals surface area contributed by atoms with Crippen molar-refractivity contribution >= 4 is 17.0 Å². The summed E-state index contributed by atoms with van der Waals surface area (Å²) in [4.78, 5) is 19.2. The van der Waals surface area contributed by atoms with Crippen molar-refractivity contribution in [3.8, 4) is 5.75 Å². The number of amides is 1. The van der Waals surface area contributed by atoms with Crippen LogP contribution < -0.4 is 10.1 Å². The Morgan fingerprint density at radius 1 is 1.28 bits per heavy atom. The molecule has 1 N–H and O–H groups in total. The Hall–Kier alpha value is -3.18. The zero-order valence-electron chi connectivity index (χ0n) is 16.6. The minimum atomic E-state index is -0.449. The molecule has 2 aromatic carbocycles. The van der Waals surface area contributed by atoms with E-state index in [1.54, 1.807) is 6.20 Å². The van der Waals surface area contributed by atoms with Gasteiger partial charge in [-0.1, -0.05) is 42.5 Å². The van der Waals surface area contributed by atoms with E-state index in [2.05, 4.69) is 33.9 Å². The van der Waals surface area contributed by atoms with Crippen LogP contribution in [0.15, 0.2) is 67.4 Å². The summed E-state index contributed by atoms with van der Waals surface area (Å²) in [7, 11) is 2.04. The summed E-state index contributed by atoms with van der Waals surface area (Å²) >= 11 is 0. The van der Waals surface area contributed by atoms with Crippen LogP contribution in [0.5, 0.6) is 5.75 Å². The summed E-state index contributed by atoms with van der Waals surface area (Å²) in [5, 5.41) is 3.99. The Labute approximate surface area is 171 Å². The lowest BCUT2D eigenvalue weighted by Gasteiger charge is -2.17. The highest BCUT2D eigenvalue weighted by atomic mass is 16.6. The van der Waals surface area contributed by atoms with Gasteiger partial charge in [-0.05, 0) is 48.7 Å². The molecular weight excluding hydrogens is 362 g/mol. The van der Waals surface area contributed by atoms with Gasteiger partial charge in [0.2, 0.25) is 0 Å². The minimum absolute atomic E-state index is 0.00949. The van der Waals surface area contributed by atoms with Gasteiger partial charge in [0.1, 0.15) is 5.52 Å². The van der Waals surface area contributed by atoms with Gasteiger partial charge in [-0.3, -0.25) is 9.88 Å². The highest BCUT2D eigenvalue weighted by molar-refractivity contribution is 5.89. The van der Waals surface area contributed by atoms with Gasteiger partial charge in [-0.2, -0.15) is 0 Å². The van der Waals surface area contributed by atoms with Crippen molar-refractivity contribution in [1.29, 1.82) is 0 Å². The second-order valence-electron chi connectivity index (χ2n) is 7.43. The quantitative estimate of drug-likeness (QED) is 0.627. The molecular formula is C24H25N3O2. The number of aromatic nitrogens is 1. The number of carbonyl (C=O) groups excluding carboxylic acids is 1. The van der Waals surface area contributed by atoms with Crippen LogP contribution in [0.2, 0.25) is 0 Å². The zero-order chi connectivity index (χ0) is 20.2. The van der Waals surface area contributed by atoms with Crippen molar-refractivity contribution < 1.29 is 9.53 Å². The smallest absolute Gasteiger partial charge is 0.408 e.